The second-order valence-corrected chi connectivity index (χ2v) is 5.97. The van der Waals surface area contributed by atoms with Crippen molar-refractivity contribution in [1.29, 1.82) is 0 Å². The largest absolute Gasteiger partial charge is 0.336 e. The molecule has 23 heavy (non-hydrogen) atoms. The average Bonchev–Trinajstić information content (AvgIpc) is 2.59. The second-order valence-electron chi connectivity index (χ2n) is 5.97. The highest BCUT2D eigenvalue weighted by Gasteiger charge is 2.22. The molecule has 1 aliphatic heterocycles. The van der Waals surface area contributed by atoms with Crippen LogP contribution in [0.15, 0.2) is 36.4 Å². The fourth-order valence-corrected chi connectivity index (χ4v) is 3.17. The molecule has 0 radical (unpaired) electrons. The van der Waals surface area contributed by atoms with Crippen LogP contribution in [0.1, 0.15) is 35.7 Å². The molecule has 3 rings (SSSR count). The molecule has 1 N–H and O–H groups in total. The van der Waals surface area contributed by atoms with Gasteiger partial charge in [-0.15, -0.1) is 12.4 Å². The number of amides is 1. The molecule has 0 aliphatic carbocycles. The van der Waals surface area contributed by atoms with Crippen LogP contribution in [0.4, 0.5) is 0 Å². The lowest BCUT2D eigenvalue weighted by molar-refractivity contribution is 0.0736. The Bertz CT molecular complexity index is 665. The molecule has 0 aromatic heterocycles. The van der Waals surface area contributed by atoms with Gasteiger partial charge in [0.1, 0.15) is 0 Å². The summed E-state index contributed by atoms with van der Waals surface area (Å²) >= 11 is 0. The fraction of sp³-hybridized carbons (Fsp3) is 0.421. The number of nitrogens with one attached hydrogen (secondary N) is 1. The van der Waals surface area contributed by atoms with Crippen LogP contribution in [0.5, 0.6) is 0 Å². The van der Waals surface area contributed by atoms with Crippen LogP contribution in [-0.4, -0.2) is 37.0 Å². The summed E-state index contributed by atoms with van der Waals surface area (Å²) in [6.07, 6.45) is 3.25. The first-order valence-electron chi connectivity index (χ1n) is 8.32. The van der Waals surface area contributed by atoms with E-state index in [1.54, 1.807) is 0 Å². The highest BCUT2D eigenvalue weighted by Crippen LogP contribution is 2.25. The Balaban J connectivity index is 0.00000192. The topological polar surface area (TPSA) is 32.3 Å². The number of rotatable bonds is 4. The maximum Gasteiger partial charge on any atom is 0.254 e. The number of fused-ring (bicyclic) bond motifs is 1. The summed E-state index contributed by atoms with van der Waals surface area (Å²) in [5, 5.41) is 5.56. The maximum atomic E-state index is 13.1. The predicted molar refractivity (Wildman–Crippen MR) is 98.6 cm³/mol. The molecule has 3 nitrogen and oxygen atoms in total. The number of hydrogen-bond acceptors (Lipinski definition) is 2. The first-order valence-corrected chi connectivity index (χ1v) is 8.32. The molecule has 0 atom stereocenters. The van der Waals surface area contributed by atoms with Gasteiger partial charge in [-0.1, -0.05) is 49.7 Å². The molecule has 2 aromatic carbocycles. The van der Waals surface area contributed by atoms with E-state index in [4.69, 9.17) is 0 Å². The Morgan fingerprint density at radius 1 is 1.13 bits per heavy atom. The van der Waals surface area contributed by atoms with Crippen molar-refractivity contribution in [3.8, 4) is 0 Å². The highest BCUT2D eigenvalue weighted by molar-refractivity contribution is 6.08. The smallest absolute Gasteiger partial charge is 0.254 e. The van der Waals surface area contributed by atoms with Gasteiger partial charge in [0, 0.05) is 26.2 Å². The van der Waals surface area contributed by atoms with Gasteiger partial charge in [-0.05, 0) is 29.2 Å². The molecule has 1 aliphatic rings. The van der Waals surface area contributed by atoms with Crippen LogP contribution >= 0.6 is 12.4 Å². The van der Waals surface area contributed by atoms with Crippen molar-refractivity contribution >= 4 is 29.1 Å². The van der Waals surface area contributed by atoms with E-state index in [1.807, 2.05) is 17.0 Å². The Hall–Kier alpha value is -1.58. The molecule has 124 valence electrons. The van der Waals surface area contributed by atoms with Crippen LogP contribution in [0.2, 0.25) is 0 Å². The van der Waals surface area contributed by atoms with E-state index in [0.717, 1.165) is 61.8 Å². The van der Waals surface area contributed by atoms with Crippen molar-refractivity contribution in [3.63, 3.8) is 0 Å². The Kier molecular flexibility index (Phi) is 6.43. The molecule has 1 heterocycles. The SMILES string of the molecule is CCCCc1ccc2ccccc2c1C(=O)N1CCNCC1.Cl. The molecule has 0 unspecified atom stereocenters. The number of halogens is 1. The minimum absolute atomic E-state index is 0. The summed E-state index contributed by atoms with van der Waals surface area (Å²) in [6, 6.07) is 12.5. The van der Waals surface area contributed by atoms with E-state index in [0.29, 0.717) is 0 Å². The summed E-state index contributed by atoms with van der Waals surface area (Å²) < 4.78 is 0. The Morgan fingerprint density at radius 2 is 1.87 bits per heavy atom. The summed E-state index contributed by atoms with van der Waals surface area (Å²) in [5.74, 6) is 0.199. The molecule has 1 fully saturated rings. The van der Waals surface area contributed by atoms with Gasteiger partial charge in [-0.25, -0.2) is 0 Å². The molecule has 0 saturated carbocycles. The molecule has 1 amide bonds. The van der Waals surface area contributed by atoms with Crippen molar-refractivity contribution < 1.29 is 4.79 Å². The fourth-order valence-electron chi connectivity index (χ4n) is 3.17. The zero-order valence-electron chi connectivity index (χ0n) is 13.7. The van der Waals surface area contributed by atoms with Gasteiger partial charge in [-0.2, -0.15) is 0 Å². The third-order valence-electron chi connectivity index (χ3n) is 4.43. The molecular weight excluding hydrogens is 308 g/mol. The Morgan fingerprint density at radius 3 is 2.61 bits per heavy atom. The van der Waals surface area contributed by atoms with Gasteiger partial charge >= 0.3 is 0 Å². The number of benzene rings is 2. The zero-order valence-corrected chi connectivity index (χ0v) is 14.5. The third kappa shape index (κ3) is 3.85. The Labute approximate surface area is 144 Å². The summed E-state index contributed by atoms with van der Waals surface area (Å²) in [4.78, 5) is 15.1. The number of unbranched alkanes of at least 4 members (excludes halogenated alkanes) is 1. The van der Waals surface area contributed by atoms with Gasteiger partial charge in [0.15, 0.2) is 0 Å². The highest BCUT2D eigenvalue weighted by atomic mass is 35.5. The first-order chi connectivity index (χ1) is 10.8. The van der Waals surface area contributed by atoms with E-state index >= 15 is 0 Å². The van der Waals surface area contributed by atoms with Crippen molar-refractivity contribution in [3.05, 3.63) is 47.5 Å². The summed E-state index contributed by atoms with van der Waals surface area (Å²) in [6.45, 7) is 5.57. The minimum atomic E-state index is 0. The van der Waals surface area contributed by atoms with Crippen LogP contribution in [0.3, 0.4) is 0 Å². The van der Waals surface area contributed by atoms with Crippen molar-refractivity contribution in [2.75, 3.05) is 26.2 Å². The number of piperazine rings is 1. The molecule has 1 saturated heterocycles. The molecule has 4 heteroatoms. The summed E-state index contributed by atoms with van der Waals surface area (Å²) in [7, 11) is 0. The number of carbonyl (C=O) groups excluding carboxylic acids is 1. The predicted octanol–water partition coefficient (Wildman–Crippen LogP) is 3.65. The van der Waals surface area contributed by atoms with Gasteiger partial charge in [0.2, 0.25) is 0 Å². The van der Waals surface area contributed by atoms with Gasteiger partial charge in [-0.3, -0.25) is 4.79 Å². The number of aryl methyl sites for hydroxylation is 1. The third-order valence-corrected chi connectivity index (χ3v) is 4.43. The average molecular weight is 333 g/mol. The number of nitrogens with zero attached hydrogens (tertiary/aromatic N) is 1. The molecule has 0 spiro atoms. The van der Waals surface area contributed by atoms with Crippen LogP contribution < -0.4 is 5.32 Å². The molecule has 0 bridgehead atoms. The number of hydrogen-bond donors (Lipinski definition) is 1. The first kappa shape index (κ1) is 17.8. The van der Waals surface area contributed by atoms with Crippen molar-refractivity contribution in [2.24, 2.45) is 0 Å². The van der Waals surface area contributed by atoms with Crippen LogP contribution in [0, 0.1) is 0 Å². The van der Waals surface area contributed by atoms with E-state index in [-0.39, 0.29) is 18.3 Å². The van der Waals surface area contributed by atoms with Crippen molar-refractivity contribution in [1.82, 2.24) is 10.2 Å². The lowest BCUT2D eigenvalue weighted by Gasteiger charge is -2.28. The van der Waals surface area contributed by atoms with Gasteiger partial charge in [0.25, 0.3) is 5.91 Å². The van der Waals surface area contributed by atoms with Gasteiger partial charge in [0.05, 0.1) is 5.56 Å². The van der Waals surface area contributed by atoms with Crippen molar-refractivity contribution in [2.45, 2.75) is 26.2 Å². The lowest BCUT2D eigenvalue weighted by Crippen LogP contribution is -2.46. The lowest BCUT2D eigenvalue weighted by atomic mass is 9.94. The van der Waals surface area contributed by atoms with Crippen LogP contribution in [0.25, 0.3) is 10.8 Å². The quantitative estimate of drug-likeness (QED) is 0.927. The maximum absolute atomic E-state index is 13.1. The monoisotopic (exact) mass is 332 g/mol. The zero-order chi connectivity index (χ0) is 15.4. The summed E-state index contributed by atoms with van der Waals surface area (Å²) in [5.41, 5.74) is 2.12. The molecular formula is C19H25ClN2O. The van der Waals surface area contributed by atoms with E-state index < -0.39 is 0 Å². The standard InChI is InChI=1S/C19H24N2O.ClH/c1-2-3-6-16-10-9-15-7-4-5-8-17(15)18(16)19(22)21-13-11-20-12-14-21;/h4-5,7-10,20H,2-3,6,11-14H2,1H3;1H. The normalized spacial score (nSPS) is 14.6. The molecule has 2 aromatic rings. The second kappa shape index (κ2) is 8.32. The van der Waals surface area contributed by atoms with Crippen LogP contribution in [-0.2, 0) is 6.42 Å². The van der Waals surface area contributed by atoms with E-state index in [9.17, 15) is 4.79 Å². The minimum Gasteiger partial charge on any atom is -0.336 e. The van der Waals surface area contributed by atoms with Gasteiger partial charge < -0.3 is 10.2 Å². The van der Waals surface area contributed by atoms with E-state index in [1.165, 1.54) is 5.56 Å². The van der Waals surface area contributed by atoms with E-state index in [2.05, 4.69) is 36.5 Å². The number of carbonyl (C=O) groups is 1.